The first-order valence-electron chi connectivity index (χ1n) is 8.68. The van der Waals surface area contributed by atoms with Crippen LogP contribution in [0.25, 0.3) is 11.0 Å². The predicted octanol–water partition coefficient (Wildman–Crippen LogP) is 5.10. The third-order valence-electron chi connectivity index (χ3n) is 4.14. The highest BCUT2D eigenvalue weighted by atomic mass is 32.2. The second-order valence-corrected chi connectivity index (χ2v) is 7.72. The Morgan fingerprint density at radius 2 is 2.10 bits per heavy atom. The molecule has 0 fully saturated rings. The molecule has 8 heteroatoms. The first-order valence-corrected chi connectivity index (χ1v) is 10.8. The van der Waals surface area contributed by atoms with Crippen LogP contribution in [0, 0.1) is 0 Å². The molecule has 4 rings (SSSR count). The zero-order valence-corrected chi connectivity index (χ0v) is 17.3. The van der Waals surface area contributed by atoms with Crippen molar-refractivity contribution in [3.8, 4) is 5.75 Å². The van der Waals surface area contributed by atoms with Gasteiger partial charge >= 0.3 is 0 Å². The molecule has 29 heavy (non-hydrogen) atoms. The Kier molecular flexibility index (Phi) is 5.64. The monoisotopic (exact) mass is 423 g/mol. The van der Waals surface area contributed by atoms with Crippen LogP contribution in [0.4, 0.5) is 10.8 Å². The molecule has 0 aliphatic heterocycles. The smallest absolute Gasteiger partial charge is 0.262 e. The number of para-hydroxylation sites is 1. The van der Waals surface area contributed by atoms with Crippen LogP contribution >= 0.6 is 23.1 Å². The molecule has 2 aromatic heterocycles. The van der Waals surface area contributed by atoms with Crippen LogP contribution in [0.1, 0.15) is 10.4 Å². The van der Waals surface area contributed by atoms with E-state index in [4.69, 9.17) is 9.15 Å². The molecule has 0 aliphatic carbocycles. The third-order valence-corrected chi connectivity index (χ3v) is 5.55. The summed E-state index contributed by atoms with van der Waals surface area (Å²) in [5.74, 6) is 0.233. The molecule has 2 aromatic carbocycles. The van der Waals surface area contributed by atoms with Gasteiger partial charge < -0.3 is 9.15 Å². The Morgan fingerprint density at radius 3 is 2.86 bits per heavy atom. The average Bonchev–Trinajstić information content (AvgIpc) is 3.26. The standard InChI is InChI=1S/C21H17N3O3S2/c1-26-17-8-3-5-13-11-16(19(25)24-21-22-9-10-29-21)20(27-18(13)17)23-14-6-4-7-15(12-14)28-2/h3-12H,1-2H3,(H,22,24,25). The molecular formula is C21H17N3O3S2. The number of nitrogens with one attached hydrogen (secondary N) is 1. The highest BCUT2D eigenvalue weighted by Gasteiger charge is 2.16. The van der Waals surface area contributed by atoms with E-state index >= 15 is 0 Å². The van der Waals surface area contributed by atoms with Crippen molar-refractivity contribution in [3.05, 3.63) is 71.2 Å². The second kappa shape index (κ2) is 8.50. The number of methoxy groups -OCH3 is 1. The van der Waals surface area contributed by atoms with Crippen molar-refractivity contribution in [1.82, 2.24) is 4.98 Å². The van der Waals surface area contributed by atoms with E-state index in [0.717, 1.165) is 10.3 Å². The molecule has 0 saturated heterocycles. The topological polar surface area (TPSA) is 76.7 Å². The molecule has 6 nitrogen and oxygen atoms in total. The number of fused-ring (bicyclic) bond motifs is 1. The van der Waals surface area contributed by atoms with Crippen LogP contribution in [-0.4, -0.2) is 24.3 Å². The van der Waals surface area contributed by atoms with Gasteiger partial charge in [-0.1, -0.05) is 18.2 Å². The molecule has 0 unspecified atom stereocenters. The first kappa shape index (κ1) is 19.2. The van der Waals surface area contributed by atoms with Crippen molar-refractivity contribution in [2.24, 2.45) is 4.99 Å². The van der Waals surface area contributed by atoms with Gasteiger partial charge in [0.05, 0.1) is 12.8 Å². The molecule has 0 saturated carbocycles. The number of hydrogen-bond donors (Lipinski definition) is 1. The Morgan fingerprint density at radius 1 is 1.24 bits per heavy atom. The summed E-state index contributed by atoms with van der Waals surface area (Å²) in [5.41, 5.74) is 1.74. The van der Waals surface area contributed by atoms with Gasteiger partial charge in [-0.3, -0.25) is 10.1 Å². The van der Waals surface area contributed by atoms with Crippen LogP contribution in [0.3, 0.4) is 0 Å². The van der Waals surface area contributed by atoms with Gasteiger partial charge in [0.15, 0.2) is 16.5 Å². The lowest BCUT2D eigenvalue weighted by molar-refractivity contribution is 0.102. The number of hydrogen-bond acceptors (Lipinski definition) is 7. The molecule has 1 amide bonds. The average molecular weight is 424 g/mol. The summed E-state index contributed by atoms with van der Waals surface area (Å²) in [4.78, 5) is 22.7. The summed E-state index contributed by atoms with van der Waals surface area (Å²) in [7, 11) is 1.58. The minimum absolute atomic E-state index is 0.203. The highest BCUT2D eigenvalue weighted by Crippen LogP contribution is 2.26. The number of rotatable bonds is 5. The van der Waals surface area contributed by atoms with E-state index in [1.807, 2.05) is 42.7 Å². The minimum Gasteiger partial charge on any atom is -0.493 e. The largest absolute Gasteiger partial charge is 0.493 e. The van der Waals surface area contributed by atoms with Crippen molar-refractivity contribution in [1.29, 1.82) is 0 Å². The number of nitrogens with zero attached hydrogens (tertiary/aromatic N) is 2. The van der Waals surface area contributed by atoms with Gasteiger partial charge in [-0.25, -0.2) is 9.98 Å². The van der Waals surface area contributed by atoms with Gasteiger partial charge in [-0.2, -0.15) is 0 Å². The van der Waals surface area contributed by atoms with Gasteiger partial charge in [0.1, 0.15) is 5.56 Å². The van der Waals surface area contributed by atoms with E-state index in [0.29, 0.717) is 27.7 Å². The summed E-state index contributed by atoms with van der Waals surface area (Å²) in [6, 6.07) is 15.0. The fourth-order valence-electron chi connectivity index (χ4n) is 2.78. The van der Waals surface area contributed by atoms with E-state index in [9.17, 15) is 4.79 Å². The van der Waals surface area contributed by atoms with Crippen LogP contribution in [-0.2, 0) is 0 Å². The van der Waals surface area contributed by atoms with E-state index < -0.39 is 0 Å². The predicted molar refractivity (Wildman–Crippen MR) is 116 cm³/mol. The first-order chi connectivity index (χ1) is 14.2. The van der Waals surface area contributed by atoms with E-state index in [1.54, 1.807) is 42.6 Å². The molecule has 1 N–H and O–H groups in total. The Hall–Kier alpha value is -3.10. The number of anilines is 1. The molecule has 0 atom stereocenters. The van der Waals surface area contributed by atoms with Crippen LogP contribution in [0.5, 0.6) is 5.75 Å². The van der Waals surface area contributed by atoms with Crippen LogP contribution in [0.2, 0.25) is 0 Å². The molecule has 0 spiro atoms. The molecule has 0 aliphatic rings. The lowest BCUT2D eigenvalue weighted by atomic mass is 10.1. The number of aromatic nitrogens is 1. The normalized spacial score (nSPS) is 11.6. The zero-order chi connectivity index (χ0) is 20.2. The summed E-state index contributed by atoms with van der Waals surface area (Å²) in [5, 5.41) is 5.84. The Bertz CT molecular complexity index is 1230. The van der Waals surface area contributed by atoms with Crippen molar-refractivity contribution in [3.63, 3.8) is 0 Å². The second-order valence-electron chi connectivity index (χ2n) is 5.95. The number of amides is 1. The molecule has 146 valence electrons. The van der Waals surface area contributed by atoms with E-state index in [-0.39, 0.29) is 11.5 Å². The van der Waals surface area contributed by atoms with Gasteiger partial charge in [0, 0.05) is 21.9 Å². The van der Waals surface area contributed by atoms with Gasteiger partial charge in [0.2, 0.25) is 5.55 Å². The molecule has 4 aromatic rings. The fraction of sp³-hybridized carbons (Fsp3) is 0.0952. The maximum atomic E-state index is 12.9. The highest BCUT2D eigenvalue weighted by molar-refractivity contribution is 7.98. The lowest BCUT2D eigenvalue weighted by Crippen LogP contribution is -2.21. The van der Waals surface area contributed by atoms with Gasteiger partial charge in [0.25, 0.3) is 5.91 Å². The van der Waals surface area contributed by atoms with Crippen molar-refractivity contribution in [2.75, 3.05) is 18.7 Å². The number of thiazole rings is 1. The molecule has 2 heterocycles. The van der Waals surface area contributed by atoms with Gasteiger partial charge in [-0.05, 0) is 36.6 Å². The molecule has 0 bridgehead atoms. The molecular weight excluding hydrogens is 406 g/mol. The quantitative estimate of drug-likeness (QED) is 0.452. The SMILES string of the molecule is COc1cccc2cc(C(=O)Nc3nccs3)c(=Nc3cccc(SC)c3)oc12. The summed E-state index contributed by atoms with van der Waals surface area (Å²) >= 11 is 2.96. The number of carbonyl (C=O) groups excluding carboxylic acids is 1. The third kappa shape index (κ3) is 4.18. The van der Waals surface area contributed by atoms with E-state index in [2.05, 4.69) is 15.3 Å². The number of carbonyl (C=O) groups is 1. The van der Waals surface area contributed by atoms with E-state index in [1.165, 1.54) is 11.3 Å². The summed E-state index contributed by atoms with van der Waals surface area (Å²) in [6.07, 6.45) is 3.63. The Balaban J connectivity index is 1.91. The molecule has 0 radical (unpaired) electrons. The summed E-state index contributed by atoms with van der Waals surface area (Å²) in [6.45, 7) is 0. The Labute approximate surface area is 175 Å². The summed E-state index contributed by atoms with van der Waals surface area (Å²) < 4.78 is 11.5. The minimum atomic E-state index is -0.340. The van der Waals surface area contributed by atoms with Crippen molar-refractivity contribution < 1.29 is 13.9 Å². The van der Waals surface area contributed by atoms with Gasteiger partial charge in [-0.15, -0.1) is 23.1 Å². The number of benzene rings is 2. The fourth-order valence-corrected chi connectivity index (χ4v) is 3.76. The number of ether oxygens (including phenoxy) is 1. The lowest BCUT2D eigenvalue weighted by Gasteiger charge is -2.08. The number of thioether (sulfide) groups is 1. The van der Waals surface area contributed by atoms with Crippen molar-refractivity contribution in [2.45, 2.75) is 4.90 Å². The zero-order valence-electron chi connectivity index (χ0n) is 15.7. The van der Waals surface area contributed by atoms with Crippen LogP contribution < -0.4 is 15.6 Å². The maximum Gasteiger partial charge on any atom is 0.262 e. The maximum absolute atomic E-state index is 12.9. The van der Waals surface area contributed by atoms with Crippen LogP contribution in [0.15, 0.2) is 74.4 Å². The van der Waals surface area contributed by atoms with Crippen molar-refractivity contribution >= 4 is 50.8 Å².